The molecule has 21 heavy (non-hydrogen) atoms. The minimum absolute atomic E-state index is 0.118. The number of aliphatic hydroxyl groups excluding tert-OH is 1. The number of aliphatic hydroxyl groups is 1. The fraction of sp³-hybridized carbons (Fsp3) is 0.467. The van der Waals surface area contributed by atoms with Gasteiger partial charge in [-0.25, -0.2) is 9.59 Å². The summed E-state index contributed by atoms with van der Waals surface area (Å²) in [5.41, 5.74) is 0.855. The van der Waals surface area contributed by atoms with Crippen molar-refractivity contribution in [2.75, 3.05) is 7.11 Å². The Morgan fingerprint density at radius 1 is 1.33 bits per heavy atom. The van der Waals surface area contributed by atoms with Crippen LogP contribution in [0, 0.1) is 0 Å². The molecule has 1 aromatic rings. The Morgan fingerprint density at radius 2 is 2.00 bits per heavy atom. The van der Waals surface area contributed by atoms with Gasteiger partial charge < -0.3 is 14.6 Å². The standard InChI is InChI=1S/C15H19NO5/c1-10-8-12(17)13(14(18)20-2)16(10)15(19)21-9-11-6-4-3-5-7-11/h3-7,10,12-13,17H,8-9H2,1-2H3/t10-,12?,13?/m1/s1. The van der Waals surface area contributed by atoms with Gasteiger partial charge in [-0.2, -0.15) is 0 Å². The van der Waals surface area contributed by atoms with E-state index in [1.165, 1.54) is 12.0 Å². The van der Waals surface area contributed by atoms with Gasteiger partial charge in [0.25, 0.3) is 0 Å². The highest BCUT2D eigenvalue weighted by Crippen LogP contribution is 2.26. The molecule has 1 aromatic carbocycles. The smallest absolute Gasteiger partial charge is 0.411 e. The van der Waals surface area contributed by atoms with Gasteiger partial charge in [-0.3, -0.25) is 4.90 Å². The van der Waals surface area contributed by atoms with Crippen LogP contribution in [0.1, 0.15) is 18.9 Å². The summed E-state index contributed by atoms with van der Waals surface area (Å²) in [7, 11) is 1.23. The van der Waals surface area contributed by atoms with Gasteiger partial charge >= 0.3 is 12.1 Å². The van der Waals surface area contributed by atoms with Crippen molar-refractivity contribution in [1.82, 2.24) is 4.90 Å². The van der Waals surface area contributed by atoms with Crippen molar-refractivity contribution in [3.63, 3.8) is 0 Å². The summed E-state index contributed by atoms with van der Waals surface area (Å²) in [4.78, 5) is 25.2. The first-order chi connectivity index (χ1) is 10.0. The van der Waals surface area contributed by atoms with E-state index in [0.717, 1.165) is 5.56 Å². The zero-order chi connectivity index (χ0) is 15.4. The summed E-state index contributed by atoms with van der Waals surface area (Å²) in [6, 6.07) is 7.96. The Labute approximate surface area is 123 Å². The molecule has 0 aliphatic carbocycles. The fourth-order valence-corrected chi connectivity index (χ4v) is 2.53. The minimum Gasteiger partial charge on any atom is -0.467 e. The molecule has 6 nitrogen and oxygen atoms in total. The van der Waals surface area contributed by atoms with Gasteiger partial charge in [0.1, 0.15) is 6.61 Å². The van der Waals surface area contributed by atoms with E-state index < -0.39 is 24.2 Å². The number of esters is 1. The van der Waals surface area contributed by atoms with Crippen LogP contribution in [0.3, 0.4) is 0 Å². The van der Waals surface area contributed by atoms with E-state index in [-0.39, 0.29) is 12.6 Å². The highest BCUT2D eigenvalue weighted by molar-refractivity contribution is 5.83. The molecule has 0 bridgehead atoms. The van der Waals surface area contributed by atoms with E-state index in [9.17, 15) is 14.7 Å². The van der Waals surface area contributed by atoms with E-state index >= 15 is 0 Å². The van der Waals surface area contributed by atoms with Crippen LogP contribution in [0.4, 0.5) is 4.79 Å². The molecule has 1 aliphatic rings. The molecular formula is C15H19NO5. The van der Waals surface area contributed by atoms with E-state index in [2.05, 4.69) is 4.74 Å². The summed E-state index contributed by atoms with van der Waals surface area (Å²) >= 11 is 0. The maximum absolute atomic E-state index is 12.2. The summed E-state index contributed by atoms with van der Waals surface area (Å²) in [5.74, 6) is -0.636. The molecule has 1 heterocycles. The number of carbonyl (C=O) groups excluding carboxylic acids is 2. The lowest BCUT2D eigenvalue weighted by molar-refractivity contribution is -0.148. The van der Waals surface area contributed by atoms with Gasteiger partial charge in [-0.1, -0.05) is 30.3 Å². The Hall–Kier alpha value is -2.08. The Kier molecular flexibility index (Phi) is 4.80. The Morgan fingerprint density at radius 3 is 2.62 bits per heavy atom. The van der Waals surface area contributed by atoms with Gasteiger partial charge in [0.15, 0.2) is 6.04 Å². The van der Waals surface area contributed by atoms with E-state index in [1.807, 2.05) is 30.3 Å². The van der Waals surface area contributed by atoms with Crippen molar-refractivity contribution < 1.29 is 24.2 Å². The zero-order valence-corrected chi connectivity index (χ0v) is 12.1. The number of hydrogen-bond donors (Lipinski definition) is 1. The second-order valence-electron chi connectivity index (χ2n) is 5.07. The molecule has 0 saturated carbocycles. The highest BCUT2D eigenvalue weighted by atomic mass is 16.6. The Balaban J connectivity index is 2.04. The molecular weight excluding hydrogens is 274 g/mol. The first-order valence-corrected chi connectivity index (χ1v) is 6.79. The summed E-state index contributed by atoms with van der Waals surface area (Å²) in [6.45, 7) is 1.88. The quantitative estimate of drug-likeness (QED) is 0.851. The number of benzene rings is 1. The van der Waals surface area contributed by atoms with Crippen LogP contribution >= 0.6 is 0 Å². The van der Waals surface area contributed by atoms with Crippen LogP contribution in [0.25, 0.3) is 0 Å². The third-order valence-electron chi connectivity index (χ3n) is 3.58. The second kappa shape index (κ2) is 6.58. The van der Waals surface area contributed by atoms with Crippen LogP contribution in [-0.4, -0.2) is 47.4 Å². The molecule has 3 atom stereocenters. The molecule has 114 valence electrons. The predicted molar refractivity (Wildman–Crippen MR) is 74.4 cm³/mol. The van der Waals surface area contributed by atoms with Gasteiger partial charge in [-0.15, -0.1) is 0 Å². The summed E-state index contributed by atoms with van der Waals surface area (Å²) in [6.07, 6.45) is -1.24. The van der Waals surface area contributed by atoms with Crippen molar-refractivity contribution in [3.05, 3.63) is 35.9 Å². The van der Waals surface area contributed by atoms with Crippen molar-refractivity contribution in [3.8, 4) is 0 Å². The number of methoxy groups -OCH3 is 1. The molecule has 0 spiro atoms. The van der Waals surface area contributed by atoms with E-state index in [0.29, 0.717) is 6.42 Å². The maximum atomic E-state index is 12.2. The third kappa shape index (κ3) is 3.33. The minimum atomic E-state index is -1.01. The number of carbonyl (C=O) groups is 2. The molecule has 6 heteroatoms. The van der Waals surface area contributed by atoms with Crippen molar-refractivity contribution in [2.24, 2.45) is 0 Å². The first-order valence-electron chi connectivity index (χ1n) is 6.79. The fourth-order valence-electron chi connectivity index (χ4n) is 2.53. The normalized spacial score (nSPS) is 24.7. The molecule has 0 radical (unpaired) electrons. The average molecular weight is 293 g/mol. The summed E-state index contributed by atoms with van der Waals surface area (Å²) < 4.78 is 9.87. The number of amides is 1. The van der Waals surface area contributed by atoms with Crippen molar-refractivity contribution in [2.45, 2.75) is 38.1 Å². The van der Waals surface area contributed by atoms with Crippen LogP contribution in [0.15, 0.2) is 30.3 Å². The maximum Gasteiger partial charge on any atom is 0.411 e. The lowest BCUT2D eigenvalue weighted by atomic mass is 10.1. The van der Waals surface area contributed by atoms with E-state index in [1.54, 1.807) is 6.92 Å². The number of rotatable bonds is 3. The first kappa shape index (κ1) is 15.3. The van der Waals surface area contributed by atoms with Crippen molar-refractivity contribution in [1.29, 1.82) is 0 Å². The molecule has 0 aromatic heterocycles. The molecule has 1 amide bonds. The Bertz CT molecular complexity index is 504. The number of ether oxygens (including phenoxy) is 2. The third-order valence-corrected chi connectivity index (χ3v) is 3.58. The van der Waals surface area contributed by atoms with Crippen LogP contribution in [0.5, 0.6) is 0 Å². The lowest BCUT2D eigenvalue weighted by Gasteiger charge is -2.26. The van der Waals surface area contributed by atoms with Crippen LogP contribution < -0.4 is 0 Å². The molecule has 1 aliphatic heterocycles. The van der Waals surface area contributed by atoms with Gasteiger partial charge in [0.05, 0.1) is 13.2 Å². The van der Waals surface area contributed by atoms with Crippen LogP contribution in [-0.2, 0) is 20.9 Å². The predicted octanol–water partition coefficient (Wildman–Crippen LogP) is 1.32. The summed E-state index contributed by atoms with van der Waals surface area (Å²) in [5, 5.41) is 9.92. The number of nitrogens with zero attached hydrogens (tertiary/aromatic N) is 1. The average Bonchev–Trinajstić information content (AvgIpc) is 2.79. The SMILES string of the molecule is COC(=O)C1C(O)C[C@@H](C)N1C(=O)OCc1ccccc1. The molecule has 1 N–H and O–H groups in total. The monoisotopic (exact) mass is 293 g/mol. The molecule has 2 unspecified atom stereocenters. The highest BCUT2D eigenvalue weighted by Gasteiger charge is 2.46. The van der Waals surface area contributed by atoms with Gasteiger partial charge in [0, 0.05) is 6.04 Å². The molecule has 1 fully saturated rings. The van der Waals surface area contributed by atoms with Crippen molar-refractivity contribution >= 4 is 12.1 Å². The molecule has 1 saturated heterocycles. The van der Waals surface area contributed by atoms with Crippen LogP contribution in [0.2, 0.25) is 0 Å². The van der Waals surface area contributed by atoms with Gasteiger partial charge in [-0.05, 0) is 18.9 Å². The largest absolute Gasteiger partial charge is 0.467 e. The molecule has 2 rings (SSSR count). The zero-order valence-electron chi connectivity index (χ0n) is 12.1. The number of hydrogen-bond acceptors (Lipinski definition) is 5. The second-order valence-corrected chi connectivity index (χ2v) is 5.07. The topological polar surface area (TPSA) is 76.1 Å². The number of likely N-dealkylation sites (tertiary alicyclic amines) is 1. The lowest BCUT2D eigenvalue weighted by Crippen LogP contribution is -2.47. The van der Waals surface area contributed by atoms with E-state index in [4.69, 9.17) is 4.74 Å². The van der Waals surface area contributed by atoms with Gasteiger partial charge in [0.2, 0.25) is 0 Å².